The summed E-state index contributed by atoms with van der Waals surface area (Å²) in [5, 5.41) is 25.6. The van der Waals surface area contributed by atoms with Crippen molar-refractivity contribution >= 4 is 45.6 Å². The summed E-state index contributed by atoms with van der Waals surface area (Å²) in [6.07, 6.45) is 0. The number of carbonyl (C=O) groups excluding carboxylic acids is 1. The zero-order chi connectivity index (χ0) is 26.7. The normalized spacial score (nSPS) is 11.6. The monoisotopic (exact) mass is 503 g/mol. The van der Waals surface area contributed by atoms with Crippen molar-refractivity contribution in [3.63, 3.8) is 0 Å². The lowest BCUT2D eigenvalue weighted by Crippen LogP contribution is -2.21. The zero-order valence-corrected chi connectivity index (χ0v) is 21.7. The molecular weight excluding hydrogens is 474 g/mol. The number of hydrogen-bond acceptors (Lipinski definition) is 8. The first-order valence-corrected chi connectivity index (χ1v) is 12.5. The smallest absolute Gasteiger partial charge is 0.159 e. The third-order valence-electron chi connectivity index (χ3n) is 5.79. The van der Waals surface area contributed by atoms with Gasteiger partial charge in [0.05, 0.1) is 34.1 Å². The third-order valence-corrected chi connectivity index (χ3v) is 5.79. The summed E-state index contributed by atoms with van der Waals surface area (Å²) >= 11 is 0. The van der Waals surface area contributed by atoms with Crippen LogP contribution in [-0.2, 0) is 0 Å². The van der Waals surface area contributed by atoms with Gasteiger partial charge in [-0.25, -0.2) is 0 Å². The molecule has 0 atom stereocenters. The molecule has 0 amide bonds. The van der Waals surface area contributed by atoms with E-state index < -0.39 is 0 Å². The first-order valence-electron chi connectivity index (χ1n) is 12.5. The topological polar surface area (TPSA) is 94.5 Å². The van der Waals surface area contributed by atoms with Gasteiger partial charge < -0.3 is 4.90 Å². The van der Waals surface area contributed by atoms with E-state index in [0.717, 1.165) is 24.5 Å². The highest BCUT2D eigenvalue weighted by Crippen LogP contribution is 2.26. The quantitative estimate of drug-likeness (QED) is 0.159. The number of azo groups is 3. The Hall–Kier alpha value is -4.85. The summed E-state index contributed by atoms with van der Waals surface area (Å²) in [6.45, 7) is 7.76. The van der Waals surface area contributed by atoms with Gasteiger partial charge in [0.15, 0.2) is 5.78 Å². The summed E-state index contributed by atoms with van der Waals surface area (Å²) in [7, 11) is 0. The number of carbonyl (C=O) groups is 1. The molecule has 0 unspecified atom stereocenters. The van der Waals surface area contributed by atoms with Crippen LogP contribution in [0.4, 0.5) is 39.8 Å². The minimum Gasteiger partial charge on any atom is -0.372 e. The first-order chi connectivity index (χ1) is 18.5. The second-order valence-corrected chi connectivity index (χ2v) is 8.42. The van der Waals surface area contributed by atoms with Crippen LogP contribution < -0.4 is 4.90 Å². The maximum Gasteiger partial charge on any atom is 0.159 e. The Morgan fingerprint density at radius 1 is 0.500 bits per heavy atom. The Balaban J connectivity index is 1.32. The van der Waals surface area contributed by atoms with Crippen molar-refractivity contribution < 1.29 is 4.79 Å². The summed E-state index contributed by atoms with van der Waals surface area (Å²) in [5.74, 6) is 0.0207. The van der Waals surface area contributed by atoms with E-state index in [1.165, 1.54) is 12.6 Å². The van der Waals surface area contributed by atoms with Crippen LogP contribution >= 0.6 is 0 Å². The maximum absolute atomic E-state index is 11.4. The number of benzene rings is 4. The lowest BCUT2D eigenvalue weighted by molar-refractivity contribution is 0.101. The molecule has 4 aromatic carbocycles. The van der Waals surface area contributed by atoms with Gasteiger partial charge in [0, 0.05) is 24.3 Å². The van der Waals surface area contributed by atoms with Crippen LogP contribution in [0, 0.1) is 0 Å². The molecular formula is C30H29N7O. The fourth-order valence-corrected chi connectivity index (χ4v) is 3.60. The molecule has 0 aliphatic carbocycles. The van der Waals surface area contributed by atoms with Gasteiger partial charge in [-0.3, -0.25) is 4.79 Å². The predicted octanol–water partition coefficient (Wildman–Crippen LogP) is 9.98. The van der Waals surface area contributed by atoms with Crippen LogP contribution in [0.3, 0.4) is 0 Å². The number of anilines is 1. The lowest BCUT2D eigenvalue weighted by Gasteiger charge is -2.20. The lowest BCUT2D eigenvalue weighted by atomic mass is 10.1. The molecule has 0 saturated heterocycles. The fraction of sp³-hybridized carbons (Fsp3) is 0.167. The summed E-state index contributed by atoms with van der Waals surface area (Å²) < 4.78 is 0. The van der Waals surface area contributed by atoms with Crippen molar-refractivity contribution in [2.45, 2.75) is 20.8 Å². The van der Waals surface area contributed by atoms with Crippen LogP contribution in [0.5, 0.6) is 0 Å². The highest BCUT2D eigenvalue weighted by molar-refractivity contribution is 5.94. The van der Waals surface area contributed by atoms with Crippen LogP contribution in [0.15, 0.2) is 128 Å². The first kappa shape index (κ1) is 26.2. The van der Waals surface area contributed by atoms with E-state index in [1.807, 2.05) is 60.7 Å². The molecule has 0 fully saturated rings. The fourth-order valence-electron chi connectivity index (χ4n) is 3.60. The van der Waals surface area contributed by atoms with Crippen molar-refractivity contribution in [2.24, 2.45) is 30.7 Å². The van der Waals surface area contributed by atoms with Crippen molar-refractivity contribution in [2.75, 3.05) is 18.0 Å². The van der Waals surface area contributed by atoms with Gasteiger partial charge in [0.1, 0.15) is 0 Å². The number of hydrogen-bond donors (Lipinski definition) is 0. The maximum atomic E-state index is 11.4. The molecule has 8 nitrogen and oxygen atoms in total. The van der Waals surface area contributed by atoms with E-state index in [1.54, 1.807) is 24.3 Å². The number of rotatable bonds is 10. The zero-order valence-electron chi connectivity index (χ0n) is 21.7. The standard InChI is InChI=1S/C30H29N7O/c1-4-37(5-2)30-20-18-29(19-21-30)36-35-28-16-14-27(15-17-28)34-33-26-12-10-25(11-13-26)32-31-24-8-6-23(7-9-24)22(3)38/h6-21H,4-5H2,1-3H3. The molecule has 0 aliphatic rings. The summed E-state index contributed by atoms with van der Waals surface area (Å²) in [5.41, 5.74) is 6.15. The molecule has 0 radical (unpaired) electrons. The van der Waals surface area contributed by atoms with Gasteiger partial charge in [0.2, 0.25) is 0 Å². The molecule has 38 heavy (non-hydrogen) atoms. The Labute approximate surface area is 222 Å². The van der Waals surface area contributed by atoms with Gasteiger partial charge in [-0.1, -0.05) is 0 Å². The predicted molar refractivity (Wildman–Crippen MR) is 152 cm³/mol. The molecule has 4 aromatic rings. The van der Waals surface area contributed by atoms with E-state index in [0.29, 0.717) is 28.3 Å². The molecule has 0 heterocycles. The minimum atomic E-state index is 0.0207. The van der Waals surface area contributed by atoms with E-state index in [4.69, 9.17) is 0 Å². The number of ketones is 1. The highest BCUT2D eigenvalue weighted by Gasteiger charge is 2.01. The van der Waals surface area contributed by atoms with E-state index in [-0.39, 0.29) is 5.78 Å². The molecule has 0 aromatic heterocycles. The molecule has 0 bridgehead atoms. The van der Waals surface area contributed by atoms with Crippen LogP contribution in [0.2, 0.25) is 0 Å². The largest absolute Gasteiger partial charge is 0.372 e. The van der Waals surface area contributed by atoms with Gasteiger partial charge >= 0.3 is 0 Å². The minimum absolute atomic E-state index is 0.0207. The van der Waals surface area contributed by atoms with Crippen molar-refractivity contribution in [1.29, 1.82) is 0 Å². The van der Waals surface area contributed by atoms with Gasteiger partial charge in [-0.15, -0.1) is 0 Å². The van der Waals surface area contributed by atoms with Gasteiger partial charge in [-0.05, 0) is 118 Å². The second kappa shape index (κ2) is 12.9. The van der Waals surface area contributed by atoms with Crippen LogP contribution in [-0.4, -0.2) is 18.9 Å². The molecule has 0 spiro atoms. The van der Waals surface area contributed by atoms with E-state index in [2.05, 4.69) is 61.6 Å². The molecule has 190 valence electrons. The average molecular weight is 504 g/mol. The molecule has 0 saturated carbocycles. The van der Waals surface area contributed by atoms with Crippen LogP contribution in [0.25, 0.3) is 0 Å². The molecule has 8 heteroatoms. The van der Waals surface area contributed by atoms with Gasteiger partial charge in [0.25, 0.3) is 0 Å². The Kier molecular flexibility index (Phi) is 8.91. The average Bonchev–Trinajstić information content (AvgIpc) is 2.96. The second-order valence-electron chi connectivity index (χ2n) is 8.42. The van der Waals surface area contributed by atoms with E-state index >= 15 is 0 Å². The Bertz CT molecular complexity index is 1420. The summed E-state index contributed by atoms with van der Waals surface area (Å²) in [6, 6.07) is 29.8. The molecule has 0 N–H and O–H groups in total. The van der Waals surface area contributed by atoms with Crippen molar-refractivity contribution in [3.8, 4) is 0 Å². The highest BCUT2D eigenvalue weighted by atomic mass is 16.1. The van der Waals surface area contributed by atoms with Gasteiger partial charge in [-0.2, -0.15) is 30.7 Å². The number of nitrogens with zero attached hydrogens (tertiary/aromatic N) is 7. The third kappa shape index (κ3) is 7.33. The van der Waals surface area contributed by atoms with Crippen molar-refractivity contribution in [3.05, 3.63) is 103 Å². The number of Topliss-reactive ketones (excluding diaryl/α,β-unsaturated/α-hetero) is 1. The SMILES string of the molecule is CCN(CC)c1ccc(N=Nc2ccc(N=Nc3ccc(N=Nc4ccc(C(C)=O)cc4)cc3)cc2)cc1. The van der Waals surface area contributed by atoms with Crippen LogP contribution in [0.1, 0.15) is 31.1 Å². The Morgan fingerprint density at radius 3 is 1.03 bits per heavy atom. The van der Waals surface area contributed by atoms with E-state index in [9.17, 15) is 4.79 Å². The summed E-state index contributed by atoms with van der Waals surface area (Å²) in [4.78, 5) is 13.6. The molecule has 0 aliphatic heterocycles. The Morgan fingerprint density at radius 2 is 0.763 bits per heavy atom. The van der Waals surface area contributed by atoms with Crippen molar-refractivity contribution in [1.82, 2.24) is 0 Å². The molecule has 4 rings (SSSR count).